The molecule has 0 aliphatic heterocycles. The number of hydrogen-bond donors (Lipinski definition) is 1. The van der Waals surface area contributed by atoms with E-state index in [1.165, 1.54) is 0 Å². The fourth-order valence-electron chi connectivity index (χ4n) is 2.28. The molecule has 3 aromatic rings. The zero-order chi connectivity index (χ0) is 15.4. The smallest absolute Gasteiger partial charge is 0.255 e. The van der Waals surface area contributed by atoms with Crippen LogP contribution in [0.15, 0.2) is 54.7 Å². The lowest BCUT2D eigenvalue weighted by molar-refractivity contribution is 0.0946. The number of aromatic nitrogens is 2. The first kappa shape index (κ1) is 14.1. The standard InChI is InChI=1S/C17H17N3O2/c1-2-22-16-9-4-3-8-15(16)17(21)18-12-13-11-14-7-5-6-10-20(14)19-13/h3-11H,2,12H2,1H3,(H,18,21). The summed E-state index contributed by atoms with van der Waals surface area (Å²) in [5, 5.41) is 7.29. The molecule has 3 rings (SSSR count). The molecule has 2 heterocycles. The average Bonchev–Trinajstić information content (AvgIpc) is 2.96. The monoisotopic (exact) mass is 295 g/mol. The van der Waals surface area contributed by atoms with Crippen molar-refractivity contribution in [1.82, 2.24) is 14.9 Å². The molecular weight excluding hydrogens is 278 g/mol. The van der Waals surface area contributed by atoms with Crippen LogP contribution in [-0.4, -0.2) is 22.1 Å². The molecule has 0 aliphatic carbocycles. The highest BCUT2D eigenvalue weighted by molar-refractivity contribution is 5.96. The predicted molar refractivity (Wildman–Crippen MR) is 84.0 cm³/mol. The Labute approximate surface area is 128 Å². The first-order chi connectivity index (χ1) is 10.8. The van der Waals surface area contributed by atoms with Crippen LogP contribution in [0.1, 0.15) is 23.0 Å². The number of ether oxygens (including phenoxy) is 1. The minimum Gasteiger partial charge on any atom is -0.493 e. The van der Waals surface area contributed by atoms with Crippen LogP contribution in [0.5, 0.6) is 5.75 Å². The summed E-state index contributed by atoms with van der Waals surface area (Å²) in [5.41, 5.74) is 2.35. The number of rotatable bonds is 5. The average molecular weight is 295 g/mol. The summed E-state index contributed by atoms with van der Waals surface area (Å²) < 4.78 is 7.26. The van der Waals surface area contributed by atoms with E-state index in [2.05, 4.69) is 10.4 Å². The number of fused-ring (bicyclic) bond motifs is 1. The highest BCUT2D eigenvalue weighted by Gasteiger charge is 2.12. The Hall–Kier alpha value is -2.82. The predicted octanol–water partition coefficient (Wildman–Crippen LogP) is 2.66. The SMILES string of the molecule is CCOc1ccccc1C(=O)NCc1cc2ccccn2n1. The molecule has 5 heteroatoms. The maximum Gasteiger partial charge on any atom is 0.255 e. The van der Waals surface area contributed by atoms with Gasteiger partial charge in [0.05, 0.1) is 29.9 Å². The van der Waals surface area contributed by atoms with Gasteiger partial charge in [0.1, 0.15) is 5.75 Å². The zero-order valence-electron chi connectivity index (χ0n) is 12.3. The second kappa shape index (κ2) is 6.30. The summed E-state index contributed by atoms with van der Waals surface area (Å²) in [7, 11) is 0. The first-order valence-corrected chi connectivity index (χ1v) is 7.21. The number of pyridine rings is 1. The summed E-state index contributed by atoms with van der Waals surface area (Å²) in [4.78, 5) is 12.3. The number of nitrogens with zero attached hydrogens (tertiary/aromatic N) is 2. The lowest BCUT2D eigenvalue weighted by atomic mass is 10.2. The first-order valence-electron chi connectivity index (χ1n) is 7.21. The molecule has 0 spiro atoms. The van der Waals surface area contributed by atoms with E-state index in [9.17, 15) is 4.79 Å². The molecule has 0 bridgehead atoms. The Morgan fingerprint density at radius 3 is 2.86 bits per heavy atom. The minimum atomic E-state index is -0.166. The summed E-state index contributed by atoms with van der Waals surface area (Å²) >= 11 is 0. The van der Waals surface area contributed by atoms with Gasteiger partial charge >= 0.3 is 0 Å². The van der Waals surface area contributed by atoms with Gasteiger partial charge in [-0.25, -0.2) is 4.52 Å². The van der Waals surface area contributed by atoms with Crippen molar-refractivity contribution >= 4 is 11.4 Å². The molecule has 0 unspecified atom stereocenters. The van der Waals surface area contributed by atoms with Gasteiger partial charge in [0.15, 0.2) is 0 Å². The second-order valence-corrected chi connectivity index (χ2v) is 4.82. The Kier molecular flexibility index (Phi) is 4.05. The zero-order valence-corrected chi connectivity index (χ0v) is 12.3. The van der Waals surface area contributed by atoms with Crippen LogP contribution in [0.3, 0.4) is 0 Å². The third-order valence-corrected chi connectivity index (χ3v) is 3.28. The lowest BCUT2D eigenvalue weighted by Gasteiger charge is -2.09. The van der Waals surface area contributed by atoms with Crippen molar-refractivity contribution in [3.05, 3.63) is 66.0 Å². The van der Waals surface area contributed by atoms with Gasteiger partial charge in [-0.15, -0.1) is 0 Å². The minimum absolute atomic E-state index is 0.166. The molecule has 1 aromatic carbocycles. The highest BCUT2D eigenvalue weighted by atomic mass is 16.5. The van der Waals surface area contributed by atoms with Gasteiger partial charge in [0.25, 0.3) is 5.91 Å². The van der Waals surface area contributed by atoms with Crippen molar-refractivity contribution in [2.24, 2.45) is 0 Å². The lowest BCUT2D eigenvalue weighted by Crippen LogP contribution is -2.23. The summed E-state index contributed by atoms with van der Waals surface area (Å²) in [5.74, 6) is 0.429. The van der Waals surface area contributed by atoms with Crippen LogP contribution in [-0.2, 0) is 6.54 Å². The second-order valence-electron chi connectivity index (χ2n) is 4.82. The van der Waals surface area contributed by atoms with Gasteiger partial charge in [-0.3, -0.25) is 4.79 Å². The van der Waals surface area contributed by atoms with Gasteiger partial charge in [-0.1, -0.05) is 18.2 Å². The molecule has 0 fully saturated rings. The molecule has 0 saturated carbocycles. The topological polar surface area (TPSA) is 55.6 Å². The molecule has 1 N–H and O–H groups in total. The van der Waals surface area contributed by atoms with E-state index in [1.807, 2.05) is 49.5 Å². The Balaban J connectivity index is 1.72. The van der Waals surface area contributed by atoms with Gasteiger partial charge in [0.2, 0.25) is 0 Å². The van der Waals surface area contributed by atoms with Gasteiger partial charge in [-0.05, 0) is 37.3 Å². The molecule has 22 heavy (non-hydrogen) atoms. The molecule has 112 valence electrons. The quantitative estimate of drug-likeness (QED) is 0.787. The third kappa shape index (κ3) is 2.93. The van der Waals surface area contributed by atoms with E-state index >= 15 is 0 Å². The van der Waals surface area contributed by atoms with E-state index in [0.29, 0.717) is 24.5 Å². The van der Waals surface area contributed by atoms with Crippen molar-refractivity contribution in [3.8, 4) is 5.75 Å². The fourth-order valence-corrected chi connectivity index (χ4v) is 2.28. The molecule has 0 aliphatic rings. The van der Waals surface area contributed by atoms with E-state index in [-0.39, 0.29) is 5.91 Å². The third-order valence-electron chi connectivity index (χ3n) is 3.28. The van der Waals surface area contributed by atoms with E-state index < -0.39 is 0 Å². The molecule has 2 aromatic heterocycles. The van der Waals surface area contributed by atoms with Gasteiger partial charge in [0, 0.05) is 6.20 Å². The fraction of sp³-hybridized carbons (Fsp3) is 0.176. The van der Waals surface area contributed by atoms with E-state index in [0.717, 1.165) is 11.2 Å². The van der Waals surface area contributed by atoms with Crippen LogP contribution < -0.4 is 10.1 Å². The summed E-state index contributed by atoms with van der Waals surface area (Å²) in [6.07, 6.45) is 1.88. The number of benzene rings is 1. The molecular formula is C17H17N3O2. The molecule has 5 nitrogen and oxygen atoms in total. The molecule has 1 amide bonds. The van der Waals surface area contributed by atoms with Crippen molar-refractivity contribution in [3.63, 3.8) is 0 Å². The number of para-hydroxylation sites is 1. The van der Waals surface area contributed by atoms with Crippen LogP contribution in [0, 0.1) is 0 Å². The summed E-state index contributed by atoms with van der Waals surface area (Å²) in [6, 6.07) is 15.0. The van der Waals surface area contributed by atoms with E-state index in [1.54, 1.807) is 16.6 Å². The van der Waals surface area contributed by atoms with Crippen LogP contribution in [0.2, 0.25) is 0 Å². The van der Waals surface area contributed by atoms with Crippen LogP contribution >= 0.6 is 0 Å². The van der Waals surface area contributed by atoms with Crippen LogP contribution in [0.25, 0.3) is 5.52 Å². The molecule has 0 atom stereocenters. The largest absolute Gasteiger partial charge is 0.493 e. The van der Waals surface area contributed by atoms with Crippen molar-refractivity contribution in [1.29, 1.82) is 0 Å². The normalized spacial score (nSPS) is 10.6. The van der Waals surface area contributed by atoms with Gasteiger partial charge in [-0.2, -0.15) is 5.10 Å². The molecule has 0 saturated heterocycles. The number of carbonyl (C=O) groups excluding carboxylic acids is 1. The highest BCUT2D eigenvalue weighted by Crippen LogP contribution is 2.17. The number of hydrogen-bond acceptors (Lipinski definition) is 3. The van der Waals surface area contributed by atoms with Crippen LogP contribution in [0.4, 0.5) is 0 Å². The number of nitrogens with one attached hydrogen (secondary N) is 1. The maximum atomic E-state index is 12.3. The molecule has 0 radical (unpaired) electrons. The van der Waals surface area contributed by atoms with Crippen molar-refractivity contribution in [2.45, 2.75) is 13.5 Å². The maximum absolute atomic E-state index is 12.3. The van der Waals surface area contributed by atoms with Crippen molar-refractivity contribution < 1.29 is 9.53 Å². The summed E-state index contributed by atoms with van der Waals surface area (Å²) in [6.45, 7) is 2.79. The Morgan fingerprint density at radius 1 is 1.23 bits per heavy atom. The van der Waals surface area contributed by atoms with Gasteiger partial charge < -0.3 is 10.1 Å². The van der Waals surface area contributed by atoms with Crippen molar-refractivity contribution in [2.75, 3.05) is 6.61 Å². The Bertz CT molecular complexity index is 762. The number of amides is 1. The Morgan fingerprint density at radius 2 is 2.05 bits per heavy atom. The number of carbonyl (C=O) groups is 1. The van der Waals surface area contributed by atoms with E-state index in [4.69, 9.17) is 4.74 Å².